The van der Waals surface area contributed by atoms with E-state index < -0.39 is 31.6 Å². The zero-order valence-corrected chi connectivity index (χ0v) is 25.8. The van der Waals surface area contributed by atoms with Gasteiger partial charge < -0.3 is 23.8 Å². The third kappa shape index (κ3) is 3.89. The Bertz CT molecular complexity index is 1690. The van der Waals surface area contributed by atoms with E-state index in [-0.39, 0.29) is 36.8 Å². The molecule has 4 aliphatic heterocycles. The lowest BCUT2D eigenvalue weighted by Crippen LogP contribution is -2.44. The molecule has 4 aliphatic rings. The molecule has 0 aliphatic carbocycles. The Morgan fingerprint density at radius 3 is 2.58 bits per heavy atom. The van der Waals surface area contributed by atoms with Crippen LogP contribution in [-0.4, -0.2) is 68.5 Å². The first-order valence-electron chi connectivity index (χ1n) is 15.0. The van der Waals surface area contributed by atoms with Gasteiger partial charge in [-0.25, -0.2) is 0 Å². The summed E-state index contributed by atoms with van der Waals surface area (Å²) in [4.78, 5) is 46.3. The van der Waals surface area contributed by atoms with E-state index in [2.05, 4.69) is 0 Å². The van der Waals surface area contributed by atoms with Crippen molar-refractivity contribution in [1.82, 2.24) is 4.90 Å². The van der Waals surface area contributed by atoms with Crippen molar-refractivity contribution in [2.45, 2.75) is 62.6 Å². The van der Waals surface area contributed by atoms with Crippen LogP contribution in [0.2, 0.25) is 18.6 Å². The van der Waals surface area contributed by atoms with Gasteiger partial charge in [-0.1, -0.05) is 31.2 Å². The Labute approximate surface area is 251 Å². The number of nitrogens with zero attached hydrogens (tertiary/aromatic N) is 3. The van der Waals surface area contributed by atoms with Gasteiger partial charge in [0.1, 0.15) is 0 Å². The maximum atomic E-state index is 16.2. The number of carbonyl (C=O) groups is 3. The Morgan fingerprint density at radius 2 is 1.86 bits per heavy atom. The lowest BCUT2D eigenvalue weighted by molar-refractivity contribution is -0.149. The monoisotopic (exact) mass is 601 g/mol. The quantitative estimate of drug-likeness (QED) is 0.319. The summed E-state index contributed by atoms with van der Waals surface area (Å²) in [5.41, 5.74) is 1.11. The van der Waals surface area contributed by atoms with Crippen molar-refractivity contribution in [2.24, 2.45) is 5.92 Å². The number of hydrogen-bond acceptors (Lipinski definition) is 5. The minimum absolute atomic E-state index is 0.0540. The van der Waals surface area contributed by atoms with Crippen LogP contribution in [0.4, 0.5) is 21.2 Å². The Kier molecular flexibility index (Phi) is 6.36. The van der Waals surface area contributed by atoms with Crippen LogP contribution in [-0.2, 0) is 19.9 Å². The highest BCUT2D eigenvalue weighted by Gasteiger charge is 2.66. The predicted octanol–water partition coefficient (Wildman–Crippen LogP) is 5.26. The van der Waals surface area contributed by atoms with Crippen molar-refractivity contribution in [1.29, 1.82) is 0 Å². The molecule has 5 atom stereocenters. The van der Waals surface area contributed by atoms with Gasteiger partial charge in [-0.3, -0.25) is 19.3 Å². The number of hydrogen-bond donors (Lipinski definition) is 1. The van der Waals surface area contributed by atoms with Gasteiger partial charge in [0.05, 0.1) is 42.1 Å². The van der Waals surface area contributed by atoms with Crippen molar-refractivity contribution in [3.8, 4) is 0 Å². The molecule has 3 aromatic rings. The van der Waals surface area contributed by atoms with E-state index in [4.69, 9.17) is 4.74 Å². The summed E-state index contributed by atoms with van der Waals surface area (Å²) in [6.07, 6.45) is 0.684. The fourth-order valence-corrected chi connectivity index (χ4v) is 10.8. The number of anilines is 3. The fourth-order valence-electron chi connectivity index (χ4n) is 8.30. The third-order valence-electron chi connectivity index (χ3n) is 10.2. The second-order valence-electron chi connectivity index (χ2n) is 12.9. The molecule has 2 saturated heterocycles. The van der Waals surface area contributed by atoms with Crippen molar-refractivity contribution >= 4 is 54.0 Å². The first-order chi connectivity index (χ1) is 20.5. The minimum atomic E-state index is -3.45. The molecule has 1 N–H and O–H groups in total. The topological polar surface area (TPSA) is 90.4 Å². The van der Waals surface area contributed by atoms with Crippen molar-refractivity contribution in [3.05, 3.63) is 65.7 Å². The number of carbonyl (C=O) groups excluding carboxylic acids is 3. The molecule has 10 heteroatoms. The van der Waals surface area contributed by atoms with E-state index in [9.17, 15) is 19.5 Å². The van der Waals surface area contributed by atoms with E-state index in [0.29, 0.717) is 29.0 Å². The van der Waals surface area contributed by atoms with E-state index in [1.165, 1.54) is 0 Å². The van der Waals surface area contributed by atoms with Gasteiger partial charge in [-0.2, -0.15) is 0 Å². The molecular formula is C33H36FN3O5Si. The number of fused-ring (bicyclic) bond motifs is 2. The molecule has 0 saturated carbocycles. The molecule has 3 aromatic carbocycles. The van der Waals surface area contributed by atoms with Crippen LogP contribution in [0.1, 0.15) is 42.1 Å². The van der Waals surface area contributed by atoms with Crippen LogP contribution in [0.3, 0.4) is 0 Å². The number of likely N-dealkylation sites (N-methyl/N-ethyl adjacent to an activating group) is 1. The van der Waals surface area contributed by atoms with Crippen molar-refractivity contribution in [2.75, 3.05) is 30.0 Å². The zero-order valence-electron chi connectivity index (χ0n) is 24.8. The molecular weight excluding hydrogens is 565 g/mol. The zero-order chi connectivity index (χ0) is 30.4. The number of halogens is 1. The first kappa shape index (κ1) is 28.2. The standard InChI is InChI=1S/C33H36FN3O5Si/c1-19-30(43(3,4)34)27(17-28(39)36-15-7-10-22(36)18-38)42-33(19)24-16-21(13-14-25(24)35(2)32(33)41)37-26-12-6-9-20-8-5-11-23(29(20)26)31(37)40/h5-6,8-9,11-14,16,19,22,27,30,38H,7,10,15,17-18H2,1-4H3/t19-,22+,27+,30-,33+/m1/s1. The van der Waals surface area contributed by atoms with Crippen LogP contribution in [0.25, 0.3) is 10.8 Å². The number of benzene rings is 3. The number of amides is 3. The van der Waals surface area contributed by atoms with Crippen LogP contribution in [0, 0.1) is 5.92 Å². The second kappa shape index (κ2) is 9.70. The molecule has 8 nitrogen and oxygen atoms in total. The van der Waals surface area contributed by atoms with Crippen molar-refractivity contribution < 1.29 is 28.3 Å². The highest BCUT2D eigenvalue weighted by Crippen LogP contribution is 2.60. The summed E-state index contributed by atoms with van der Waals surface area (Å²) in [6.45, 7) is 5.52. The largest absolute Gasteiger partial charge is 0.394 e. The smallest absolute Gasteiger partial charge is 0.264 e. The number of rotatable bonds is 5. The number of likely N-dealkylation sites (tertiary alicyclic amines) is 1. The summed E-state index contributed by atoms with van der Waals surface area (Å²) >= 11 is 0. The maximum absolute atomic E-state index is 16.2. The van der Waals surface area contributed by atoms with Gasteiger partial charge in [-0.15, -0.1) is 0 Å². The summed E-state index contributed by atoms with van der Waals surface area (Å²) in [7, 11) is -1.77. The molecule has 43 heavy (non-hydrogen) atoms. The Balaban J connectivity index is 1.31. The van der Waals surface area contributed by atoms with E-state index in [1.54, 1.807) is 34.8 Å². The Hall–Kier alpha value is -3.60. The van der Waals surface area contributed by atoms with Crippen LogP contribution >= 0.6 is 0 Å². The van der Waals surface area contributed by atoms with Gasteiger partial charge in [0.25, 0.3) is 11.8 Å². The highest BCUT2D eigenvalue weighted by atomic mass is 28.4. The lowest BCUT2D eigenvalue weighted by Gasteiger charge is -2.31. The summed E-state index contributed by atoms with van der Waals surface area (Å²) in [6, 6.07) is 16.7. The summed E-state index contributed by atoms with van der Waals surface area (Å²) < 4.78 is 22.9. The lowest BCUT2D eigenvalue weighted by atomic mass is 9.82. The predicted molar refractivity (Wildman–Crippen MR) is 165 cm³/mol. The number of aliphatic hydroxyl groups is 1. The number of ether oxygens (including phenoxy) is 1. The van der Waals surface area contributed by atoms with Gasteiger partial charge in [-0.05, 0) is 61.7 Å². The SMILES string of the molecule is C[C@@H]1[C@@H]([Si](C)(C)F)[C@H](CC(=O)N2CCC[C@H]2CO)O[C@@]12C(=O)N(C)c1ccc(N3C(=O)c4cccc5cccc3c45)cc12. The molecule has 3 amide bonds. The van der Waals surface area contributed by atoms with Crippen molar-refractivity contribution in [3.63, 3.8) is 0 Å². The van der Waals surface area contributed by atoms with Crippen LogP contribution in [0.15, 0.2) is 54.6 Å². The molecule has 7 rings (SSSR count). The van der Waals surface area contributed by atoms with Gasteiger partial charge >= 0.3 is 0 Å². The molecule has 0 bridgehead atoms. The highest BCUT2D eigenvalue weighted by molar-refractivity contribution is 6.72. The van der Waals surface area contributed by atoms with Crippen LogP contribution in [0.5, 0.6) is 0 Å². The summed E-state index contributed by atoms with van der Waals surface area (Å²) in [5, 5.41) is 11.6. The first-order valence-corrected chi connectivity index (χ1v) is 18.0. The van der Waals surface area contributed by atoms with E-state index >= 15 is 4.11 Å². The molecule has 0 radical (unpaired) electrons. The average Bonchev–Trinajstić information content (AvgIpc) is 3.70. The average molecular weight is 602 g/mol. The molecule has 224 valence electrons. The van der Waals surface area contributed by atoms with Gasteiger partial charge in [0, 0.05) is 41.7 Å². The fraction of sp³-hybridized carbons (Fsp3) is 0.424. The Morgan fingerprint density at radius 1 is 1.12 bits per heavy atom. The normalized spacial score (nSPS) is 28.2. The molecule has 0 unspecified atom stereocenters. The van der Waals surface area contributed by atoms with Gasteiger partial charge in [0.2, 0.25) is 14.3 Å². The molecule has 1 spiro atoms. The van der Waals surface area contributed by atoms with Gasteiger partial charge in [0.15, 0.2) is 5.60 Å². The third-order valence-corrected chi connectivity index (χ3v) is 12.6. The molecule has 2 fully saturated rings. The number of aliphatic hydroxyl groups excluding tert-OH is 1. The maximum Gasteiger partial charge on any atom is 0.264 e. The summed E-state index contributed by atoms with van der Waals surface area (Å²) in [5.74, 6) is -1.18. The van der Waals surface area contributed by atoms with E-state index in [1.807, 2.05) is 61.5 Å². The van der Waals surface area contributed by atoms with E-state index in [0.717, 1.165) is 29.3 Å². The molecule has 0 aromatic heterocycles. The minimum Gasteiger partial charge on any atom is -0.394 e. The molecule has 4 heterocycles. The van der Waals surface area contributed by atoms with Crippen LogP contribution < -0.4 is 9.80 Å². The second-order valence-corrected chi connectivity index (χ2v) is 16.7.